The van der Waals surface area contributed by atoms with Gasteiger partial charge in [0.15, 0.2) is 11.5 Å². The van der Waals surface area contributed by atoms with Crippen LogP contribution in [-0.4, -0.2) is 20.1 Å². The maximum absolute atomic E-state index is 6.26. The molecule has 4 rings (SSSR count). The number of halogens is 1. The molecule has 0 aliphatic carbocycles. The van der Waals surface area contributed by atoms with E-state index in [0.717, 1.165) is 22.5 Å². The van der Waals surface area contributed by atoms with Gasteiger partial charge in [0, 0.05) is 22.1 Å². The zero-order valence-corrected chi connectivity index (χ0v) is 14.9. The number of hydrogen-bond donors (Lipinski definition) is 1. The van der Waals surface area contributed by atoms with Crippen LogP contribution in [-0.2, 0) is 5.41 Å². The first-order valence-electron chi connectivity index (χ1n) is 8.01. The predicted molar refractivity (Wildman–Crippen MR) is 98.5 cm³/mol. The van der Waals surface area contributed by atoms with E-state index in [2.05, 4.69) is 40.9 Å². The van der Waals surface area contributed by atoms with Crippen LogP contribution in [0.5, 0.6) is 0 Å². The van der Waals surface area contributed by atoms with Crippen LogP contribution >= 0.6 is 11.6 Å². The minimum atomic E-state index is -0.0801. The average molecular weight is 353 g/mol. The van der Waals surface area contributed by atoms with Crippen molar-refractivity contribution in [3.05, 3.63) is 53.2 Å². The molecule has 0 fully saturated rings. The molecule has 0 atom stereocenters. The van der Waals surface area contributed by atoms with Gasteiger partial charge in [-0.2, -0.15) is 0 Å². The number of aromatic amines is 1. The third-order valence-electron chi connectivity index (χ3n) is 4.01. The zero-order chi connectivity index (χ0) is 17.6. The molecule has 0 unspecified atom stereocenters. The van der Waals surface area contributed by atoms with Gasteiger partial charge >= 0.3 is 0 Å². The summed E-state index contributed by atoms with van der Waals surface area (Å²) >= 11 is 6.26. The summed E-state index contributed by atoms with van der Waals surface area (Å²) in [6.45, 7) is 6.26. The van der Waals surface area contributed by atoms with Gasteiger partial charge in [0.2, 0.25) is 5.76 Å². The molecular formula is C19H17ClN4O. The lowest BCUT2D eigenvalue weighted by atomic mass is 9.92. The molecule has 126 valence electrons. The van der Waals surface area contributed by atoms with E-state index >= 15 is 0 Å². The van der Waals surface area contributed by atoms with Gasteiger partial charge in [-0.15, -0.1) is 0 Å². The van der Waals surface area contributed by atoms with Crippen molar-refractivity contribution in [1.29, 1.82) is 0 Å². The lowest BCUT2D eigenvalue weighted by Gasteiger charge is -2.12. The standard InChI is InChI=1S/C19H17ClN4O/c1-19(2,3)16-10-15(25-24-16)18-22-14-9-8-13(21-17(14)23-18)11-6-4-5-7-12(11)20/h4-10H,1-3H3,(H,21,22,23). The third kappa shape index (κ3) is 2.91. The molecule has 0 saturated carbocycles. The fourth-order valence-electron chi connectivity index (χ4n) is 2.57. The van der Waals surface area contributed by atoms with Gasteiger partial charge in [0.05, 0.1) is 16.9 Å². The molecular weight excluding hydrogens is 336 g/mol. The molecule has 25 heavy (non-hydrogen) atoms. The van der Waals surface area contributed by atoms with Gasteiger partial charge in [0.1, 0.15) is 0 Å². The number of imidazole rings is 1. The van der Waals surface area contributed by atoms with Crippen molar-refractivity contribution in [3.8, 4) is 22.8 Å². The monoisotopic (exact) mass is 352 g/mol. The van der Waals surface area contributed by atoms with Crippen LogP contribution in [0.2, 0.25) is 5.02 Å². The summed E-state index contributed by atoms with van der Waals surface area (Å²) < 4.78 is 5.45. The summed E-state index contributed by atoms with van der Waals surface area (Å²) in [6.07, 6.45) is 0. The van der Waals surface area contributed by atoms with Crippen molar-refractivity contribution in [2.75, 3.05) is 0 Å². The topological polar surface area (TPSA) is 67.6 Å². The minimum Gasteiger partial charge on any atom is -0.353 e. The van der Waals surface area contributed by atoms with E-state index in [1.165, 1.54) is 0 Å². The highest BCUT2D eigenvalue weighted by atomic mass is 35.5. The maximum atomic E-state index is 6.26. The van der Waals surface area contributed by atoms with Crippen LogP contribution in [0.15, 0.2) is 47.0 Å². The number of pyridine rings is 1. The van der Waals surface area contributed by atoms with Gasteiger partial charge in [0.25, 0.3) is 0 Å². The maximum Gasteiger partial charge on any atom is 0.202 e. The summed E-state index contributed by atoms with van der Waals surface area (Å²) in [6, 6.07) is 13.4. The van der Waals surface area contributed by atoms with Crippen molar-refractivity contribution >= 4 is 22.8 Å². The lowest BCUT2D eigenvalue weighted by Crippen LogP contribution is -2.10. The van der Waals surface area contributed by atoms with E-state index in [4.69, 9.17) is 16.1 Å². The summed E-state index contributed by atoms with van der Waals surface area (Å²) in [5, 5.41) is 4.80. The highest BCUT2D eigenvalue weighted by Crippen LogP contribution is 2.29. The SMILES string of the molecule is CC(C)(C)c1cc(-c2nc3nc(-c4ccccc4Cl)ccc3[nH]2)on1. The fraction of sp³-hybridized carbons (Fsp3) is 0.211. The van der Waals surface area contributed by atoms with E-state index in [-0.39, 0.29) is 5.41 Å². The van der Waals surface area contributed by atoms with Crippen LogP contribution in [0.3, 0.4) is 0 Å². The highest BCUT2D eigenvalue weighted by Gasteiger charge is 2.21. The molecule has 0 aliphatic heterocycles. The number of nitrogens with zero attached hydrogens (tertiary/aromatic N) is 3. The molecule has 4 aromatic rings. The Hall–Kier alpha value is -2.66. The normalized spacial score (nSPS) is 12.0. The van der Waals surface area contributed by atoms with Gasteiger partial charge in [-0.05, 0) is 18.2 Å². The molecule has 0 amide bonds. The smallest absolute Gasteiger partial charge is 0.202 e. The molecule has 0 radical (unpaired) electrons. The molecule has 6 heteroatoms. The third-order valence-corrected chi connectivity index (χ3v) is 4.34. The Morgan fingerprint density at radius 3 is 2.56 bits per heavy atom. The van der Waals surface area contributed by atoms with Crippen molar-refractivity contribution in [2.45, 2.75) is 26.2 Å². The molecule has 1 aromatic carbocycles. The van der Waals surface area contributed by atoms with Crippen molar-refractivity contribution in [2.24, 2.45) is 0 Å². The number of aromatic nitrogens is 4. The summed E-state index contributed by atoms with van der Waals surface area (Å²) in [7, 11) is 0. The van der Waals surface area contributed by atoms with E-state index in [9.17, 15) is 0 Å². The zero-order valence-electron chi connectivity index (χ0n) is 14.2. The number of hydrogen-bond acceptors (Lipinski definition) is 4. The molecule has 0 bridgehead atoms. The highest BCUT2D eigenvalue weighted by molar-refractivity contribution is 6.33. The Morgan fingerprint density at radius 2 is 1.84 bits per heavy atom. The first-order chi connectivity index (χ1) is 11.9. The second-order valence-corrected chi connectivity index (χ2v) is 7.37. The van der Waals surface area contributed by atoms with Gasteiger partial charge < -0.3 is 9.51 Å². The van der Waals surface area contributed by atoms with Gasteiger partial charge in [-0.25, -0.2) is 9.97 Å². The summed E-state index contributed by atoms with van der Waals surface area (Å²) in [5.74, 6) is 1.21. The van der Waals surface area contributed by atoms with Crippen LogP contribution < -0.4 is 0 Å². The minimum absolute atomic E-state index is 0.0801. The Bertz CT molecular complexity index is 1060. The van der Waals surface area contributed by atoms with E-state index in [0.29, 0.717) is 22.3 Å². The van der Waals surface area contributed by atoms with E-state index in [1.807, 2.05) is 42.5 Å². The Balaban J connectivity index is 1.76. The molecule has 3 heterocycles. The average Bonchev–Trinajstić information content (AvgIpc) is 3.21. The Kier molecular flexibility index (Phi) is 3.62. The number of benzene rings is 1. The molecule has 5 nitrogen and oxygen atoms in total. The summed E-state index contributed by atoms with van der Waals surface area (Å²) in [4.78, 5) is 12.4. The van der Waals surface area contributed by atoms with Gasteiger partial charge in [-0.3, -0.25) is 0 Å². The predicted octanol–water partition coefficient (Wildman–Crippen LogP) is 5.23. The van der Waals surface area contributed by atoms with Crippen LogP contribution in [0.4, 0.5) is 0 Å². The molecule has 0 saturated heterocycles. The van der Waals surface area contributed by atoms with Crippen molar-refractivity contribution < 1.29 is 4.52 Å². The number of H-pyrrole nitrogens is 1. The van der Waals surface area contributed by atoms with E-state index < -0.39 is 0 Å². The van der Waals surface area contributed by atoms with Crippen LogP contribution in [0, 0.1) is 0 Å². The van der Waals surface area contributed by atoms with Crippen LogP contribution in [0.1, 0.15) is 26.5 Å². The second kappa shape index (κ2) is 5.70. The first kappa shape index (κ1) is 15.8. The summed E-state index contributed by atoms with van der Waals surface area (Å²) in [5.41, 5.74) is 3.91. The number of fused-ring (bicyclic) bond motifs is 1. The van der Waals surface area contributed by atoms with Crippen LogP contribution in [0.25, 0.3) is 34.0 Å². The fourth-order valence-corrected chi connectivity index (χ4v) is 2.80. The first-order valence-corrected chi connectivity index (χ1v) is 8.39. The largest absolute Gasteiger partial charge is 0.353 e. The van der Waals surface area contributed by atoms with Crippen molar-refractivity contribution in [1.82, 2.24) is 20.1 Å². The van der Waals surface area contributed by atoms with Gasteiger partial charge in [-0.1, -0.05) is 55.7 Å². The molecule has 3 aromatic heterocycles. The molecule has 1 N–H and O–H groups in total. The lowest BCUT2D eigenvalue weighted by molar-refractivity contribution is 0.401. The quantitative estimate of drug-likeness (QED) is 0.536. The van der Waals surface area contributed by atoms with E-state index in [1.54, 1.807) is 0 Å². The number of rotatable bonds is 2. The number of nitrogens with one attached hydrogen (secondary N) is 1. The van der Waals surface area contributed by atoms with Crippen molar-refractivity contribution in [3.63, 3.8) is 0 Å². The Labute approximate surface area is 150 Å². The molecule has 0 spiro atoms. The Morgan fingerprint density at radius 1 is 1.04 bits per heavy atom. The second-order valence-electron chi connectivity index (χ2n) is 6.96. The molecule has 0 aliphatic rings.